The Labute approximate surface area is 124 Å². The molecule has 0 bridgehead atoms. The van der Waals surface area contributed by atoms with Crippen molar-refractivity contribution in [1.82, 2.24) is 5.32 Å². The molecule has 5 nitrogen and oxygen atoms in total. The van der Waals surface area contributed by atoms with Crippen molar-refractivity contribution in [3.05, 3.63) is 29.8 Å². The smallest absolute Gasteiger partial charge is 0.251 e. The van der Waals surface area contributed by atoms with Crippen LogP contribution >= 0.6 is 0 Å². The van der Waals surface area contributed by atoms with Gasteiger partial charge in [-0.1, -0.05) is 17.7 Å². The number of carbonyl (C=O) groups excluding carboxylic acids is 2. The van der Waals surface area contributed by atoms with Gasteiger partial charge in [-0.2, -0.15) is 0 Å². The van der Waals surface area contributed by atoms with Crippen molar-refractivity contribution in [2.24, 2.45) is 0 Å². The second-order valence-corrected chi connectivity index (χ2v) is 5.70. The molecule has 1 N–H and O–H groups in total. The molecular formula is C16H20N2O3. The van der Waals surface area contributed by atoms with Crippen molar-refractivity contribution in [1.29, 1.82) is 0 Å². The molecule has 0 saturated carbocycles. The number of nitrogens with one attached hydrogen (secondary N) is 1. The number of nitrogens with zero attached hydrogens (tertiary/aromatic N) is 1. The fourth-order valence-electron chi connectivity index (χ4n) is 2.84. The van der Waals surface area contributed by atoms with Gasteiger partial charge in [0.05, 0.1) is 24.3 Å². The first kappa shape index (κ1) is 14.2. The maximum atomic E-state index is 12.4. The molecule has 5 heteroatoms. The van der Waals surface area contributed by atoms with Gasteiger partial charge in [0.15, 0.2) is 0 Å². The van der Waals surface area contributed by atoms with Gasteiger partial charge in [-0.3, -0.25) is 9.59 Å². The topological polar surface area (TPSA) is 58.6 Å². The van der Waals surface area contributed by atoms with Gasteiger partial charge < -0.3 is 10.1 Å². The first-order valence-electron chi connectivity index (χ1n) is 7.43. The summed E-state index contributed by atoms with van der Waals surface area (Å²) in [4.78, 5) is 25.8. The zero-order chi connectivity index (χ0) is 14.8. The largest absolute Gasteiger partial charge is 0.377 e. The van der Waals surface area contributed by atoms with Crippen LogP contribution in [-0.2, 0) is 14.3 Å². The van der Waals surface area contributed by atoms with Crippen molar-refractivity contribution in [3.63, 3.8) is 0 Å². The van der Waals surface area contributed by atoms with E-state index in [1.54, 1.807) is 0 Å². The zero-order valence-corrected chi connectivity index (χ0v) is 12.2. The van der Waals surface area contributed by atoms with E-state index in [0.717, 1.165) is 25.0 Å². The second-order valence-electron chi connectivity index (χ2n) is 5.70. The lowest BCUT2D eigenvalue weighted by atomic mass is 10.2. The minimum absolute atomic E-state index is 0.145. The number of amides is 2. The van der Waals surface area contributed by atoms with E-state index in [4.69, 9.17) is 4.74 Å². The number of imide groups is 1. The second kappa shape index (κ2) is 5.95. The lowest BCUT2D eigenvalue weighted by Gasteiger charge is -2.17. The number of rotatable bonds is 4. The summed E-state index contributed by atoms with van der Waals surface area (Å²) in [5.74, 6) is -0.310. The molecule has 0 spiro atoms. The number of benzene rings is 1. The summed E-state index contributed by atoms with van der Waals surface area (Å²) in [5, 5.41) is 3.18. The highest BCUT2D eigenvalue weighted by atomic mass is 16.5. The maximum Gasteiger partial charge on any atom is 0.251 e. The van der Waals surface area contributed by atoms with Crippen LogP contribution < -0.4 is 10.2 Å². The fraction of sp³-hybridized carbons (Fsp3) is 0.500. The van der Waals surface area contributed by atoms with Crippen LogP contribution in [0.2, 0.25) is 0 Å². The highest BCUT2D eigenvalue weighted by molar-refractivity contribution is 6.22. The third-order valence-corrected chi connectivity index (χ3v) is 4.05. The van der Waals surface area contributed by atoms with Crippen LogP contribution in [0.4, 0.5) is 5.69 Å². The average Bonchev–Trinajstić information content (AvgIpc) is 3.07. The lowest BCUT2D eigenvalue weighted by Crippen LogP contribution is -2.41. The van der Waals surface area contributed by atoms with E-state index in [9.17, 15) is 9.59 Å². The van der Waals surface area contributed by atoms with Crippen LogP contribution in [0.25, 0.3) is 0 Å². The van der Waals surface area contributed by atoms with Crippen molar-refractivity contribution in [3.8, 4) is 0 Å². The summed E-state index contributed by atoms with van der Waals surface area (Å²) in [6.45, 7) is 3.40. The van der Waals surface area contributed by atoms with Crippen LogP contribution in [0, 0.1) is 6.92 Å². The summed E-state index contributed by atoms with van der Waals surface area (Å²) >= 11 is 0. The molecule has 1 aromatic carbocycles. The van der Waals surface area contributed by atoms with Crippen molar-refractivity contribution < 1.29 is 14.3 Å². The summed E-state index contributed by atoms with van der Waals surface area (Å²) in [6.07, 6.45) is 2.48. The molecule has 2 aliphatic heterocycles. The molecule has 2 atom stereocenters. The molecule has 21 heavy (non-hydrogen) atoms. The number of ether oxygens (including phenoxy) is 1. The predicted molar refractivity (Wildman–Crippen MR) is 79.1 cm³/mol. The number of anilines is 1. The van der Waals surface area contributed by atoms with E-state index < -0.39 is 6.04 Å². The van der Waals surface area contributed by atoms with Crippen LogP contribution in [-0.4, -0.2) is 37.1 Å². The molecule has 2 heterocycles. The molecule has 1 aromatic rings. The average molecular weight is 288 g/mol. The highest BCUT2D eigenvalue weighted by Gasteiger charge is 2.39. The Morgan fingerprint density at radius 1 is 1.29 bits per heavy atom. The Kier molecular flexibility index (Phi) is 4.03. The molecule has 2 aliphatic rings. The van der Waals surface area contributed by atoms with Crippen LogP contribution in [0.15, 0.2) is 24.3 Å². The summed E-state index contributed by atoms with van der Waals surface area (Å²) in [7, 11) is 0. The third-order valence-electron chi connectivity index (χ3n) is 4.05. The molecule has 2 saturated heterocycles. The first-order valence-corrected chi connectivity index (χ1v) is 7.43. The quantitative estimate of drug-likeness (QED) is 0.851. The normalized spacial score (nSPS) is 25.9. The molecular weight excluding hydrogens is 268 g/mol. The SMILES string of the molecule is Cc1ccc(N2C(=O)C[C@H](NC[C@H]3CCCO3)C2=O)cc1. The first-order chi connectivity index (χ1) is 10.1. The van der Waals surface area contributed by atoms with Gasteiger partial charge in [-0.15, -0.1) is 0 Å². The number of carbonyl (C=O) groups is 2. The van der Waals surface area contributed by atoms with E-state index >= 15 is 0 Å². The molecule has 3 rings (SSSR count). The summed E-state index contributed by atoms with van der Waals surface area (Å²) < 4.78 is 5.53. The summed E-state index contributed by atoms with van der Waals surface area (Å²) in [5.41, 5.74) is 1.75. The van der Waals surface area contributed by atoms with Gasteiger partial charge in [0.25, 0.3) is 5.91 Å². The van der Waals surface area contributed by atoms with Crippen molar-refractivity contribution in [2.75, 3.05) is 18.1 Å². The molecule has 0 radical (unpaired) electrons. The zero-order valence-electron chi connectivity index (χ0n) is 12.2. The minimum atomic E-state index is -0.428. The van der Waals surface area contributed by atoms with Gasteiger partial charge in [-0.05, 0) is 31.9 Å². The van der Waals surface area contributed by atoms with Gasteiger partial charge >= 0.3 is 0 Å². The monoisotopic (exact) mass is 288 g/mol. The molecule has 2 amide bonds. The molecule has 0 aliphatic carbocycles. The van der Waals surface area contributed by atoms with Crippen LogP contribution in [0.5, 0.6) is 0 Å². The Morgan fingerprint density at radius 2 is 2.05 bits per heavy atom. The fourth-order valence-corrected chi connectivity index (χ4v) is 2.84. The van der Waals surface area contributed by atoms with Gasteiger partial charge in [0.2, 0.25) is 5.91 Å². The van der Waals surface area contributed by atoms with Gasteiger partial charge in [-0.25, -0.2) is 4.90 Å². The van der Waals surface area contributed by atoms with Gasteiger partial charge in [0.1, 0.15) is 0 Å². The molecule has 0 unspecified atom stereocenters. The van der Waals surface area contributed by atoms with E-state index in [0.29, 0.717) is 12.2 Å². The summed E-state index contributed by atoms with van der Waals surface area (Å²) in [6, 6.07) is 7.01. The minimum Gasteiger partial charge on any atom is -0.377 e. The molecule has 0 aromatic heterocycles. The number of aryl methyl sites for hydroxylation is 1. The number of hydrogen-bond donors (Lipinski definition) is 1. The maximum absolute atomic E-state index is 12.4. The third kappa shape index (κ3) is 2.99. The lowest BCUT2D eigenvalue weighted by molar-refractivity contribution is -0.121. The Morgan fingerprint density at radius 3 is 2.71 bits per heavy atom. The Balaban J connectivity index is 1.65. The standard InChI is InChI=1S/C16H20N2O3/c1-11-4-6-12(7-5-11)18-15(19)9-14(16(18)20)17-10-13-3-2-8-21-13/h4-7,13-14,17H,2-3,8-10H2,1H3/t13-,14+/m1/s1. The van der Waals surface area contributed by atoms with Crippen LogP contribution in [0.3, 0.4) is 0 Å². The van der Waals surface area contributed by atoms with Crippen molar-refractivity contribution >= 4 is 17.5 Å². The molecule has 112 valence electrons. The van der Waals surface area contributed by atoms with E-state index in [2.05, 4.69) is 5.32 Å². The Hall–Kier alpha value is -1.72. The number of hydrogen-bond acceptors (Lipinski definition) is 4. The van der Waals surface area contributed by atoms with E-state index in [1.165, 1.54) is 4.90 Å². The van der Waals surface area contributed by atoms with Gasteiger partial charge in [0, 0.05) is 13.2 Å². The predicted octanol–water partition coefficient (Wildman–Crippen LogP) is 1.40. The Bertz CT molecular complexity index is 535. The van der Waals surface area contributed by atoms with Crippen molar-refractivity contribution in [2.45, 2.75) is 38.3 Å². The highest BCUT2D eigenvalue weighted by Crippen LogP contribution is 2.23. The van der Waals surface area contributed by atoms with E-state index in [1.807, 2.05) is 31.2 Å². The van der Waals surface area contributed by atoms with E-state index in [-0.39, 0.29) is 24.3 Å². The molecule has 2 fully saturated rings. The van der Waals surface area contributed by atoms with Crippen LogP contribution in [0.1, 0.15) is 24.8 Å².